The van der Waals surface area contributed by atoms with Crippen molar-refractivity contribution >= 4 is 58.2 Å². The predicted octanol–water partition coefficient (Wildman–Crippen LogP) is 6.28. The highest BCUT2D eigenvalue weighted by Gasteiger charge is 2.47. The molecule has 0 atom stereocenters. The van der Waals surface area contributed by atoms with E-state index < -0.39 is 17.2 Å². The lowest BCUT2D eigenvalue weighted by Gasteiger charge is -2.30. The molecule has 31 heavy (non-hydrogen) atoms. The SMILES string of the molecule is CCOC(=O)C(Cc1ccc(Cl)cc1Cl)(Cc1ccc(Cl)cc1Cl)C(=O)C=CN(C)C. The van der Waals surface area contributed by atoms with Crippen LogP contribution in [0.3, 0.4) is 0 Å². The highest BCUT2D eigenvalue weighted by Crippen LogP contribution is 2.37. The fourth-order valence-corrected chi connectivity index (χ4v) is 4.06. The number of ketones is 1. The van der Waals surface area contributed by atoms with Crippen molar-refractivity contribution in [2.75, 3.05) is 20.7 Å². The molecule has 0 spiro atoms. The Labute approximate surface area is 202 Å². The van der Waals surface area contributed by atoms with Crippen molar-refractivity contribution < 1.29 is 14.3 Å². The van der Waals surface area contributed by atoms with E-state index >= 15 is 0 Å². The van der Waals surface area contributed by atoms with Crippen LogP contribution in [0.5, 0.6) is 0 Å². The molecule has 0 radical (unpaired) electrons. The number of halogens is 4. The maximum atomic E-state index is 13.5. The topological polar surface area (TPSA) is 46.6 Å². The first-order valence-electron chi connectivity index (χ1n) is 9.53. The maximum Gasteiger partial charge on any atom is 0.320 e. The van der Waals surface area contributed by atoms with E-state index in [-0.39, 0.29) is 19.4 Å². The second-order valence-electron chi connectivity index (χ2n) is 7.27. The summed E-state index contributed by atoms with van der Waals surface area (Å²) in [6.45, 7) is 1.81. The number of hydrogen-bond donors (Lipinski definition) is 0. The number of rotatable bonds is 9. The van der Waals surface area contributed by atoms with E-state index in [4.69, 9.17) is 51.1 Å². The average Bonchev–Trinajstić information content (AvgIpc) is 2.69. The molecule has 0 saturated heterocycles. The molecule has 0 aliphatic rings. The monoisotopic (exact) mass is 501 g/mol. The van der Waals surface area contributed by atoms with Crippen molar-refractivity contribution in [1.82, 2.24) is 4.90 Å². The molecule has 0 N–H and O–H groups in total. The minimum absolute atomic E-state index is 0.0113. The summed E-state index contributed by atoms with van der Waals surface area (Å²) in [7, 11) is 3.56. The Kier molecular flexibility index (Phi) is 9.26. The maximum absolute atomic E-state index is 13.5. The lowest BCUT2D eigenvalue weighted by Crippen LogP contribution is -2.44. The number of ether oxygens (including phenoxy) is 1. The minimum Gasteiger partial charge on any atom is -0.465 e. The van der Waals surface area contributed by atoms with E-state index in [1.807, 2.05) is 0 Å². The third-order valence-corrected chi connectivity index (χ3v) is 5.85. The average molecular weight is 503 g/mol. The van der Waals surface area contributed by atoms with Gasteiger partial charge in [0.2, 0.25) is 0 Å². The normalized spacial score (nSPS) is 11.6. The molecule has 0 saturated carbocycles. The molecule has 2 aromatic carbocycles. The smallest absolute Gasteiger partial charge is 0.320 e. The van der Waals surface area contributed by atoms with Crippen LogP contribution >= 0.6 is 46.4 Å². The molecular formula is C23H23Cl4NO3. The van der Waals surface area contributed by atoms with Gasteiger partial charge >= 0.3 is 5.97 Å². The van der Waals surface area contributed by atoms with Crippen molar-refractivity contribution in [2.24, 2.45) is 5.41 Å². The van der Waals surface area contributed by atoms with E-state index in [0.29, 0.717) is 31.2 Å². The zero-order chi connectivity index (χ0) is 23.2. The number of nitrogens with zero attached hydrogens (tertiary/aromatic N) is 1. The van der Waals surface area contributed by atoms with Gasteiger partial charge in [0, 0.05) is 40.4 Å². The Hall–Kier alpha value is -1.72. The molecule has 4 nitrogen and oxygen atoms in total. The Bertz CT molecular complexity index is 935. The quantitative estimate of drug-likeness (QED) is 0.230. The molecule has 0 bridgehead atoms. The van der Waals surface area contributed by atoms with Crippen LogP contribution in [-0.4, -0.2) is 37.4 Å². The van der Waals surface area contributed by atoms with Crippen LogP contribution in [0.1, 0.15) is 18.1 Å². The minimum atomic E-state index is -1.59. The van der Waals surface area contributed by atoms with Crippen molar-refractivity contribution in [3.05, 3.63) is 79.9 Å². The fourth-order valence-electron chi connectivity index (χ4n) is 3.11. The molecular weight excluding hydrogens is 480 g/mol. The van der Waals surface area contributed by atoms with Gasteiger partial charge < -0.3 is 9.64 Å². The first-order valence-corrected chi connectivity index (χ1v) is 11.0. The van der Waals surface area contributed by atoms with Crippen molar-refractivity contribution in [1.29, 1.82) is 0 Å². The molecule has 166 valence electrons. The second-order valence-corrected chi connectivity index (χ2v) is 8.96. The van der Waals surface area contributed by atoms with Crippen LogP contribution in [0.25, 0.3) is 0 Å². The number of carbonyl (C=O) groups is 2. The van der Waals surface area contributed by atoms with Crippen molar-refractivity contribution in [2.45, 2.75) is 19.8 Å². The summed E-state index contributed by atoms with van der Waals surface area (Å²) in [6, 6.07) is 9.87. The van der Waals surface area contributed by atoms with Gasteiger partial charge in [0.1, 0.15) is 5.41 Å². The largest absolute Gasteiger partial charge is 0.465 e. The van der Waals surface area contributed by atoms with E-state index in [1.165, 1.54) is 6.08 Å². The standard InChI is InChI=1S/C23H23Cl4NO3/c1-4-31-22(30)23(21(29)9-10-28(2)3,13-15-5-7-17(24)11-19(15)26)14-16-6-8-18(25)12-20(16)27/h5-12H,4,13-14H2,1-3H3. The zero-order valence-corrected chi connectivity index (χ0v) is 20.4. The Morgan fingerprint density at radius 1 is 0.935 bits per heavy atom. The van der Waals surface area contributed by atoms with E-state index in [1.54, 1.807) is 68.5 Å². The van der Waals surface area contributed by atoms with E-state index in [0.717, 1.165) is 0 Å². The van der Waals surface area contributed by atoms with Gasteiger partial charge in [0.05, 0.1) is 6.61 Å². The lowest BCUT2D eigenvalue weighted by molar-refractivity contribution is -0.158. The Morgan fingerprint density at radius 2 is 1.42 bits per heavy atom. The molecule has 0 aromatic heterocycles. The number of esters is 1. The van der Waals surface area contributed by atoms with Crippen LogP contribution in [0.4, 0.5) is 0 Å². The molecule has 2 aromatic rings. The Balaban J connectivity index is 2.66. The number of benzene rings is 2. The van der Waals surface area contributed by atoms with Gasteiger partial charge in [0.25, 0.3) is 0 Å². The zero-order valence-electron chi connectivity index (χ0n) is 17.4. The van der Waals surface area contributed by atoms with E-state index in [2.05, 4.69) is 0 Å². The van der Waals surface area contributed by atoms with Crippen LogP contribution in [0.2, 0.25) is 20.1 Å². The molecule has 0 aliphatic carbocycles. The fraction of sp³-hybridized carbons (Fsp3) is 0.304. The third kappa shape index (κ3) is 6.63. The summed E-state index contributed by atoms with van der Waals surface area (Å²) < 4.78 is 5.36. The lowest BCUT2D eigenvalue weighted by atomic mass is 9.73. The van der Waals surface area contributed by atoms with Gasteiger partial charge in [-0.25, -0.2) is 0 Å². The Morgan fingerprint density at radius 3 is 1.81 bits per heavy atom. The van der Waals surface area contributed by atoms with Gasteiger partial charge in [-0.05, 0) is 61.2 Å². The van der Waals surface area contributed by atoms with Crippen LogP contribution in [0, 0.1) is 5.41 Å². The summed E-state index contributed by atoms with van der Waals surface area (Å²) in [5, 5.41) is 1.62. The molecule has 0 unspecified atom stereocenters. The predicted molar refractivity (Wildman–Crippen MR) is 127 cm³/mol. The van der Waals surface area contributed by atoms with Gasteiger partial charge in [0.15, 0.2) is 5.78 Å². The molecule has 0 aliphatic heterocycles. The van der Waals surface area contributed by atoms with Crippen LogP contribution in [-0.2, 0) is 27.2 Å². The molecule has 0 heterocycles. The van der Waals surface area contributed by atoms with Crippen molar-refractivity contribution in [3.63, 3.8) is 0 Å². The number of hydrogen-bond acceptors (Lipinski definition) is 4. The van der Waals surface area contributed by atoms with Gasteiger partial charge in [-0.1, -0.05) is 58.5 Å². The van der Waals surface area contributed by atoms with Gasteiger partial charge in [-0.15, -0.1) is 0 Å². The summed E-state index contributed by atoms with van der Waals surface area (Å²) in [5.41, 5.74) is -0.399. The van der Waals surface area contributed by atoms with Gasteiger partial charge in [-0.2, -0.15) is 0 Å². The van der Waals surface area contributed by atoms with Crippen LogP contribution < -0.4 is 0 Å². The first-order chi connectivity index (χ1) is 14.6. The second kappa shape index (κ2) is 11.2. The van der Waals surface area contributed by atoms with Crippen molar-refractivity contribution in [3.8, 4) is 0 Å². The molecule has 0 fully saturated rings. The highest BCUT2D eigenvalue weighted by atomic mass is 35.5. The third-order valence-electron chi connectivity index (χ3n) is 4.68. The van der Waals surface area contributed by atoms with Gasteiger partial charge in [-0.3, -0.25) is 9.59 Å². The molecule has 2 rings (SSSR count). The molecule has 0 amide bonds. The number of allylic oxidation sites excluding steroid dienone is 1. The highest BCUT2D eigenvalue weighted by molar-refractivity contribution is 6.35. The number of carbonyl (C=O) groups excluding carboxylic acids is 2. The van der Waals surface area contributed by atoms with E-state index in [9.17, 15) is 9.59 Å². The summed E-state index contributed by atoms with van der Waals surface area (Å²) in [5.74, 6) is -1.07. The molecule has 8 heteroatoms. The summed E-state index contributed by atoms with van der Waals surface area (Å²) in [4.78, 5) is 28.5. The summed E-state index contributed by atoms with van der Waals surface area (Å²) >= 11 is 24.8. The summed E-state index contributed by atoms with van der Waals surface area (Å²) in [6.07, 6.45) is 2.97. The first kappa shape index (κ1) is 25.5. The van der Waals surface area contributed by atoms with Crippen LogP contribution in [0.15, 0.2) is 48.7 Å².